The van der Waals surface area contributed by atoms with Gasteiger partial charge < -0.3 is 15.2 Å². The van der Waals surface area contributed by atoms with Crippen LogP contribution in [-0.4, -0.2) is 18.1 Å². The van der Waals surface area contributed by atoms with Crippen molar-refractivity contribution in [2.24, 2.45) is 0 Å². The first-order valence-electron chi connectivity index (χ1n) is 7.76. The first-order chi connectivity index (χ1) is 11.1. The van der Waals surface area contributed by atoms with E-state index in [2.05, 4.69) is 36.5 Å². The van der Waals surface area contributed by atoms with Gasteiger partial charge >= 0.3 is 0 Å². The normalized spacial score (nSPS) is 10.3. The number of rotatable bonds is 7. The van der Waals surface area contributed by atoms with Gasteiger partial charge in [0.25, 0.3) is 0 Å². The maximum atomic E-state index is 11.9. The summed E-state index contributed by atoms with van der Waals surface area (Å²) < 4.78 is 5.05. The van der Waals surface area contributed by atoms with Gasteiger partial charge in [-0.15, -0.1) is 0 Å². The van der Waals surface area contributed by atoms with Gasteiger partial charge in [0.15, 0.2) is 11.5 Å². The summed E-state index contributed by atoms with van der Waals surface area (Å²) in [6, 6.07) is 13.5. The lowest BCUT2D eigenvalue weighted by Crippen LogP contribution is -2.22. The summed E-state index contributed by atoms with van der Waals surface area (Å²) in [6.07, 6.45) is 2.23. The maximum Gasteiger partial charge on any atom is 0.220 e. The third-order valence-corrected chi connectivity index (χ3v) is 3.72. The molecule has 0 aromatic heterocycles. The molecule has 0 radical (unpaired) electrons. The Morgan fingerprint density at radius 2 is 1.83 bits per heavy atom. The number of hydrogen-bond donors (Lipinski definition) is 2. The molecule has 0 fully saturated rings. The SMILES string of the molecule is COc1cc(CNC(=O)CCCc2ccc(C)cc2)ccc1O. The number of carbonyl (C=O) groups is 1. The Labute approximate surface area is 137 Å². The van der Waals surface area contributed by atoms with Crippen LogP contribution in [-0.2, 0) is 17.8 Å². The molecule has 1 amide bonds. The van der Waals surface area contributed by atoms with Crippen LogP contribution in [0, 0.1) is 6.92 Å². The van der Waals surface area contributed by atoms with Crippen molar-refractivity contribution in [2.45, 2.75) is 32.7 Å². The fourth-order valence-corrected chi connectivity index (χ4v) is 2.33. The van der Waals surface area contributed by atoms with Crippen LogP contribution >= 0.6 is 0 Å². The molecule has 0 aliphatic heterocycles. The van der Waals surface area contributed by atoms with Gasteiger partial charge in [-0.25, -0.2) is 0 Å². The lowest BCUT2D eigenvalue weighted by atomic mass is 10.1. The van der Waals surface area contributed by atoms with E-state index in [0.717, 1.165) is 18.4 Å². The van der Waals surface area contributed by atoms with E-state index >= 15 is 0 Å². The molecule has 2 aromatic carbocycles. The minimum absolute atomic E-state index is 0.0316. The van der Waals surface area contributed by atoms with Crippen molar-refractivity contribution in [2.75, 3.05) is 7.11 Å². The Morgan fingerprint density at radius 3 is 2.52 bits per heavy atom. The molecule has 0 saturated carbocycles. The van der Waals surface area contributed by atoms with Gasteiger partial charge in [-0.05, 0) is 43.0 Å². The number of nitrogens with one attached hydrogen (secondary N) is 1. The van der Waals surface area contributed by atoms with E-state index in [1.165, 1.54) is 18.2 Å². The van der Waals surface area contributed by atoms with E-state index in [1.807, 2.05) is 0 Å². The monoisotopic (exact) mass is 313 g/mol. The number of aryl methyl sites for hydroxylation is 2. The first kappa shape index (κ1) is 16.9. The molecule has 4 heteroatoms. The Balaban J connectivity index is 1.73. The zero-order chi connectivity index (χ0) is 16.7. The van der Waals surface area contributed by atoms with Crippen LogP contribution in [0.3, 0.4) is 0 Å². The van der Waals surface area contributed by atoms with E-state index in [4.69, 9.17) is 4.74 Å². The van der Waals surface area contributed by atoms with Gasteiger partial charge in [0.05, 0.1) is 7.11 Å². The predicted molar refractivity (Wildman–Crippen MR) is 90.6 cm³/mol. The average molecular weight is 313 g/mol. The maximum absolute atomic E-state index is 11.9. The summed E-state index contributed by atoms with van der Waals surface area (Å²) >= 11 is 0. The third-order valence-electron chi connectivity index (χ3n) is 3.72. The van der Waals surface area contributed by atoms with Crippen molar-refractivity contribution in [3.05, 3.63) is 59.2 Å². The van der Waals surface area contributed by atoms with Crippen molar-refractivity contribution in [3.8, 4) is 11.5 Å². The molecule has 122 valence electrons. The van der Waals surface area contributed by atoms with E-state index in [0.29, 0.717) is 18.7 Å². The lowest BCUT2D eigenvalue weighted by Gasteiger charge is -2.08. The summed E-state index contributed by atoms with van der Waals surface area (Å²) in [6.45, 7) is 2.50. The summed E-state index contributed by atoms with van der Waals surface area (Å²) in [4.78, 5) is 11.9. The number of benzene rings is 2. The lowest BCUT2D eigenvalue weighted by molar-refractivity contribution is -0.121. The molecule has 0 atom stereocenters. The standard InChI is InChI=1S/C19H23NO3/c1-14-6-8-15(9-7-14)4-3-5-19(22)20-13-16-10-11-17(21)18(12-16)23-2/h6-12,21H,3-5,13H2,1-2H3,(H,20,22). The summed E-state index contributed by atoms with van der Waals surface area (Å²) in [5.74, 6) is 0.543. The van der Waals surface area contributed by atoms with Gasteiger partial charge in [0, 0.05) is 13.0 Å². The topological polar surface area (TPSA) is 58.6 Å². The fourth-order valence-electron chi connectivity index (χ4n) is 2.33. The van der Waals surface area contributed by atoms with Crippen LogP contribution in [0.5, 0.6) is 11.5 Å². The molecular formula is C19H23NO3. The van der Waals surface area contributed by atoms with Gasteiger partial charge in [-0.1, -0.05) is 35.9 Å². The second-order valence-electron chi connectivity index (χ2n) is 5.62. The number of methoxy groups -OCH3 is 1. The Bertz CT molecular complexity index is 650. The zero-order valence-electron chi connectivity index (χ0n) is 13.6. The molecular weight excluding hydrogens is 290 g/mol. The minimum atomic E-state index is 0.0316. The number of aromatic hydroxyl groups is 1. The van der Waals surface area contributed by atoms with E-state index < -0.39 is 0 Å². The Hall–Kier alpha value is -2.49. The minimum Gasteiger partial charge on any atom is -0.504 e. The summed E-state index contributed by atoms with van der Waals surface area (Å²) in [5, 5.41) is 12.4. The van der Waals surface area contributed by atoms with Gasteiger partial charge in [0.2, 0.25) is 5.91 Å². The molecule has 0 bridgehead atoms. The van der Waals surface area contributed by atoms with E-state index in [9.17, 15) is 9.90 Å². The number of hydrogen-bond acceptors (Lipinski definition) is 3. The van der Waals surface area contributed by atoms with Crippen LogP contribution in [0.15, 0.2) is 42.5 Å². The Kier molecular flexibility index (Phi) is 6.03. The van der Waals surface area contributed by atoms with Crippen molar-refractivity contribution in [1.29, 1.82) is 0 Å². The molecule has 0 unspecified atom stereocenters. The molecule has 2 N–H and O–H groups in total. The second-order valence-corrected chi connectivity index (χ2v) is 5.62. The first-order valence-corrected chi connectivity index (χ1v) is 7.76. The average Bonchev–Trinajstić information content (AvgIpc) is 2.56. The van der Waals surface area contributed by atoms with Crippen molar-refractivity contribution in [3.63, 3.8) is 0 Å². The molecule has 0 heterocycles. The van der Waals surface area contributed by atoms with Crippen LogP contribution in [0.1, 0.15) is 29.5 Å². The Morgan fingerprint density at radius 1 is 1.13 bits per heavy atom. The second kappa shape index (κ2) is 8.22. The number of amides is 1. The van der Waals surface area contributed by atoms with Crippen molar-refractivity contribution in [1.82, 2.24) is 5.32 Å². The highest BCUT2D eigenvalue weighted by atomic mass is 16.5. The number of carbonyl (C=O) groups excluding carboxylic acids is 1. The predicted octanol–water partition coefficient (Wildman–Crippen LogP) is 3.35. The zero-order valence-corrected chi connectivity index (χ0v) is 13.6. The fraction of sp³-hybridized carbons (Fsp3) is 0.316. The third kappa shape index (κ3) is 5.33. The van der Waals surface area contributed by atoms with Gasteiger partial charge in [0.1, 0.15) is 0 Å². The van der Waals surface area contributed by atoms with Crippen molar-refractivity contribution < 1.29 is 14.6 Å². The number of ether oxygens (including phenoxy) is 1. The quantitative estimate of drug-likeness (QED) is 0.824. The van der Waals surface area contributed by atoms with Crippen LogP contribution in [0.2, 0.25) is 0 Å². The molecule has 2 aromatic rings. The van der Waals surface area contributed by atoms with Gasteiger partial charge in [-0.3, -0.25) is 4.79 Å². The molecule has 2 rings (SSSR count). The van der Waals surface area contributed by atoms with Crippen molar-refractivity contribution >= 4 is 5.91 Å². The molecule has 0 aliphatic carbocycles. The van der Waals surface area contributed by atoms with Crippen LogP contribution in [0.4, 0.5) is 0 Å². The van der Waals surface area contributed by atoms with Gasteiger partial charge in [-0.2, -0.15) is 0 Å². The van der Waals surface area contributed by atoms with Crippen LogP contribution < -0.4 is 10.1 Å². The molecule has 4 nitrogen and oxygen atoms in total. The van der Waals surface area contributed by atoms with Crippen LogP contribution in [0.25, 0.3) is 0 Å². The largest absolute Gasteiger partial charge is 0.504 e. The number of phenolic OH excluding ortho intramolecular Hbond substituents is 1. The molecule has 0 spiro atoms. The highest BCUT2D eigenvalue weighted by Gasteiger charge is 2.05. The van der Waals surface area contributed by atoms with E-state index in [-0.39, 0.29) is 11.7 Å². The highest BCUT2D eigenvalue weighted by Crippen LogP contribution is 2.26. The number of phenols is 1. The van der Waals surface area contributed by atoms with E-state index in [1.54, 1.807) is 18.2 Å². The molecule has 0 aliphatic rings. The summed E-state index contributed by atoms with van der Waals surface area (Å²) in [5.41, 5.74) is 3.40. The highest BCUT2D eigenvalue weighted by molar-refractivity contribution is 5.75. The molecule has 0 saturated heterocycles. The summed E-state index contributed by atoms with van der Waals surface area (Å²) in [7, 11) is 1.50. The molecule has 23 heavy (non-hydrogen) atoms. The smallest absolute Gasteiger partial charge is 0.220 e.